The Labute approximate surface area is 507 Å². The molecule has 4 N–H and O–H groups in total. The smallest absolute Gasteiger partial charge is 0.402 e. The van der Waals surface area contributed by atoms with Crippen LogP contribution < -0.4 is 41.5 Å². The summed E-state index contributed by atoms with van der Waals surface area (Å²) < 4.78 is 235. The highest BCUT2D eigenvalue weighted by atomic mass is 19.2. The van der Waals surface area contributed by atoms with Gasteiger partial charge in [-0.15, -0.1) is 21.9 Å². The van der Waals surface area contributed by atoms with E-state index in [2.05, 4.69) is 173 Å². The summed E-state index contributed by atoms with van der Waals surface area (Å²) in [6.07, 6.45) is -6.18. The third-order valence-corrected chi connectivity index (χ3v) is 14.0. The molecule has 480 valence electrons. The van der Waals surface area contributed by atoms with E-state index in [1.165, 1.54) is 35.8 Å². The zero-order valence-corrected chi connectivity index (χ0v) is 49.9. The first kappa shape index (κ1) is 75.3. The Hall–Kier alpha value is -7.99. The van der Waals surface area contributed by atoms with Crippen molar-refractivity contribution in [1.29, 1.82) is 0 Å². The van der Waals surface area contributed by atoms with Gasteiger partial charge < -0.3 is 34.7 Å². The fourth-order valence-corrected chi connectivity index (χ4v) is 9.79. The van der Waals surface area contributed by atoms with Crippen LogP contribution in [-0.2, 0) is 0 Å². The molecule has 0 amide bonds. The summed E-state index contributed by atoms with van der Waals surface area (Å²) in [5, 5.41) is 21.5. The summed E-state index contributed by atoms with van der Waals surface area (Å²) in [4.78, 5) is 8.55. The third kappa shape index (κ3) is 19.0. The number of benzene rings is 8. The lowest BCUT2D eigenvalue weighted by atomic mass is 9.12. The predicted molar refractivity (Wildman–Crippen MR) is 320 cm³/mol. The van der Waals surface area contributed by atoms with Crippen LogP contribution in [0, 0.1) is 93.1 Å². The van der Waals surface area contributed by atoms with E-state index < -0.39 is 153 Å². The van der Waals surface area contributed by atoms with Crippen LogP contribution in [0.25, 0.3) is 0 Å². The molecule has 0 spiro atoms. The maximum Gasteiger partial charge on any atom is 0.631 e. The highest BCUT2D eigenvalue weighted by Gasteiger charge is 2.49. The normalized spacial score (nSPS) is 10.7. The largest absolute Gasteiger partial charge is 0.631 e. The molecule has 0 aromatic heterocycles. The Morgan fingerprint density at radius 2 is 0.494 bits per heavy atom. The van der Waals surface area contributed by atoms with Gasteiger partial charge in [0.2, 0.25) is 0 Å². The van der Waals surface area contributed by atoms with Gasteiger partial charge in [-0.3, -0.25) is 0 Å². The van der Waals surface area contributed by atoms with Gasteiger partial charge in [0.25, 0.3) is 0 Å². The fourth-order valence-electron chi connectivity index (χ4n) is 9.79. The summed E-state index contributed by atoms with van der Waals surface area (Å²) in [6.45, 7) is 26.3. The molecule has 0 aliphatic rings. The zero-order valence-electron chi connectivity index (χ0n) is 49.9. The van der Waals surface area contributed by atoms with E-state index in [1.807, 2.05) is 18.2 Å². The topological polar surface area (TPSA) is 74.9 Å². The van der Waals surface area contributed by atoms with Crippen LogP contribution in [0.15, 0.2) is 146 Å². The molecule has 0 fully saturated rings. The minimum absolute atomic E-state index is 0.731. The highest BCUT2D eigenvalue weighted by Crippen LogP contribution is 2.28. The molecule has 0 heterocycles. The average Bonchev–Trinajstić information content (AvgIpc) is 0.736. The van der Waals surface area contributed by atoms with Gasteiger partial charge in [-0.25, -0.2) is 70.2 Å². The van der Waals surface area contributed by atoms with E-state index in [-0.39, 0.29) is 0 Å². The minimum Gasteiger partial charge on any atom is -0.402 e. The van der Waals surface area contributed by atoms with Gasteiger partial charge in [0, 0.05) is 80.6 Å². The van der Waals surface area contributed by atoms with Crippen molar-refractivity contribution in [2.45, 2.75) is 55.4 Å². The van der Waals surface area contributed by atoms with Crippen molar-refractivity contribution in [3.05, 3.63) is 239 Å². The Morgan fingerprint density at radius 3 is 0.674 bits per heavy atom. The lowest BCUT2D eigenvalue weighted by Crippen LogP contribution is -3.06. The molecule has 8 rings (SSSR count). The predicted octanol–water partition coefficient (Wildman–Crippen LogP) is 12.1. The van der Waals surface area contributed by atoms with Crippen molar-refractivity contribution >= 4 is 58.1 Å². The van der Waals surface area contributed by atoms with Crippen LogP contribution in [0.1, 0.15) is 55.4 Å². The number of nitrogens with zero attached hydrogens (tertiary/aromatic N) is 3. The van der Waals surface area contributed by atoms with Crippen LogP contribution in [0.3, 0.4) is 0 Å². The Kier molecular flexibility index (Phi) is 30.8. The molecule has 0 unspecified atom stereocenters. The third-order valence-electron chi connectivity index (χ3n) is 14.0. The van der Waals surface area contributed by atoms with E-state index in [9.17, 15) is 35.1 Å². The number of rotatable bonds is 16. The molecule has 25 heteroatoms. The molecule has 0 saturated heterocycles. The second kappa shape index (κ2) is 36.5. The van der Waals surface area contributed by atoms with Crippen molar-refractivity contribution in [3.63, 3.8) is 0 Å². The molecular weight excluding hydrogens is 1200 g/mol. The van der Waals surface area contributed by atoms with Gasteiger partial charge >= 0.3 is 7.32 Å². The maximum absolute atomic E-state index is 15.3. The molecule has 7 nitrogen and oxygen atoms in total. The second-order valence-electron chi connectivity index (χ2n) is 18.9. The molecule has 0 radical (unpaired) electrons. The minimum atomic E-state index is -6.18. The second-order valence-corrected chi connectivity index (χ2v) is 18.9. The molecule has 0 saturated carbocycles. The van der Waals surface area contributed by atoms with E-state index in [4.69, 9.17) is 15.1 Å². The van der Waals surface area contributed by atoms with E-state index >= 15 is 35.1 Å². The number of quaternary nitrogens is 1. The monoisotopic (exact) mass is 1270 g/mol. The summed E-state index contributed by atoms with van der Waals surface area (Å²) >= 11 is 0. The van der Waals surface area contributed by atoms with Gasteiger partial charge in [-0.2, -0.15) is 0 Å². The van der Waals surface area contributed by atoms with E-state index in [1.54, 1.807) is 4.90 Å². The lowest BCUT2D eigenvalue weighted by Gasteiger charge is -2.44. The molecule has 8 aromatic carbocycles. The first-order valence-corrected chi connectivity index (χ1v) is 28.1. The number of hydrogen-bond acceptors (Lipinski definition) is 6. The Morgan fingerprint density at radius 1 is 0.303 bits per heavy atom. The van der Waals surface area contributed by atoms with Gasteiger partial charge in [-0.1, -0.05) is 72.8 Å². The molecule has 89 heavy (non-hydrogen) atoms. The van der Waals surface area contributed by atoms with Crippen molar-refractivity contribution in [2.75, 3.05) is 67.1 Å². The van der Waals surface area contributed by atoms with Gasteiger partial charge in [-0.05, 0) is 104 Å². The Balaban J connectivity index is 0.000000345. The van der Waals surface area contributed by atoms with Crippen molar-refractivity contribution in [3.8, 4) is 0 Å². The first-order chi connectivity index (χ1) is 42.2. The van der Waals surface area contributed by atoms with Crippen LogP contribution >= 0.6 is 0 Å². The maximum atomic E-state index is 15.3. The average molecular weight is 1270 g/mol. The summed E-state index contributed by atoms with van der Waals surface area (Å²) in [6, 6.07) is 39.2. The SMILES string of the molecule is CCN(CC)c1ccccc1.CCN(CC)c1ccccc1.CCN(CC)c1ccccc1.CC[NH+](CC)c1ccccc1.Fc1cc(F)c([B-](c2c(F)cc(F)c(F)c2F)(c2c(F)cc(F)c(F)c2F)c2c(F)cc(F)c(F)c2F)c(F)c1F.OB(O)O. The zero-order chi connectivity index (χ0) is 66.9. The van der Waals surface area contributed by atoms with Crippen molar-refractivity contribution < 1.29 is 90.2 Å². The molecule has 0 aliphatic heterocycles. The number of nitrogens with one attached hydrogen (secondary N) is 1. The summed E-state index contributed by atoms with van der Waals surface area (Å²) in [5.74, 6) is -45.1. The number of anilines is 3. The van der Waals surface area contributed by atoms with Gasteiger partial charge in [0.1, 0.15) is 35.1 Å². The molecule has 0 atom stereocenters. The molecular formula is C64H68B2F16N4O3. The van der Waals surface area contributed by atoms with Crippen molar-refractivity contribution in [1.82, 2.24) is 0 Å². The van der Waals surface area contributed by atoms with Crippen LogP contribution in [0.2, 0.25) is 0 Å². The van der Waals surface area contributed by atoms with Gasteiger partial charge in [0.15, 0.2) is 46.5 Å². The van der Waals surface area contributed by atoms with E-state index in [0.29, 0.717) is 0 Å². The summed E-state index contributed by atoms with van der Waals surface area (Å²) in [7, 11) is -2.17. The quantitative estimate of drug-likeness (QED) is 0.0334. The highest BCUT2D eigenvalue weighted by molar-refractivity contribution is 7.20. The van der Waals surface area contributed by atoms with Gasteiger partial charge in [0.05, 0.1) is 36.4 Å². The summed E-state index contributed by atoms with van der Waals surface area (Å²) in [5.41, 5.74) is -5.59. The number of halogens is 16. The molecule has 8 aromatic rings. The molecule has 0 bridgehead atoms. The van der Waals surface area contributed by atoms with Crippen LogP contribution in [0.4, 0.5) is 93.0 Å². The lowest BCUT2D eigenvalue weighted by molar-refractivity contribution is -0.828. The fraction of sp³-hybridized carbons (Fsp3) is 0.250. The van der Waals surface area contributed by atoms with Crippen LogP contribution in [-0.4, -0.2) is 80.9 Å². The van der Waals surface area contributed by atoms with Crippen molar-refractivity contribution in [2.24, 2.45) is 0 Å². The first-order valence-electron chi connectivity index (χ1n) is 28.1. The molecule has 0 aliphatic carbocycles. The number of hydrogen-bond donors (Lipinski definition) is 4. The van der Waals surface area contributed by atoms with Crippen LogP contribution in [0.5, 0.6) is 0 Å². The Bertz CT molecular complexity index is 2990. The van der Waals surface area contributed by atoms with E-state index in [0.717, 1.165) is 39.3 Å². The standard InChI is InChI=1S/C24H4BF16.4C10H15N.BH3O3/c26-5-1-9(30)17(34)21(38)13(5)25(14-6(27)2-10(31)18(35)22(14)39,15-7(28)3-11(32)19(36)23(15)40)16-8(29)4-12(33)20(37)24(16)41;4*1-3-11(4-2)10-8-6-5-7-9-10;2-1(3)4/h1-4H;4*5-9H,3-4H2,1-2H3;2-4H/q-1;;;;;/p+1. The number of para-hydroxylation sites is 4.